The molecule has 0 N–H and O–H groups in total. The van der Waals surface area contributed by atoms with Crippen LogP contribution in [0.2, 0.25) is 0 Å². The van der Waals surface area contributed by atoms with E-state index in [2.05, 4.69) is 4.98 Å². The minimum atomic E-state index is -4.31. The molecule has 2 nitrogen and oxygen atoms in total. The van der Waals surface area contributed by atoms with E-state index in [1.54, 1.807) is 12.3 Å². The summed E-state index contributed by atoms with van der Waals surface area (Å²) in [6.45, 7) is 0.922. The molecule has 1 heterocycles. The van der Waals surface area contributed by atoms with Crippen molar-refractivity contribution in [2.45, 2.75) is 19.1 Å². The number of likely N-dealkylation sites (N-methyl/N-ethyl adjacent to an activating group) is 1. The summed E-state index contributed by atoms with van der Waals surface area (Å²) in [6.07, 6.45) is -1.88. The van der Waals surface area contributed by atoms with Crippen LogP contribution in [0.25, 0.3) is 0 Å². The van der Waals surface area contributed by atoms with Gasteiger partial charge in [-0.1, -0.05) is 24.3 Å². The quantitative estimate of drug-likeness (QED) is 0.834. The molecular formula is C16H17F3N2. The molecule has 5 heteroatoms. The lowest BCUT2D eigenvalue weighted by Crippen LogP contribution is -2.23. The van der Waals surface area contributed by atoms with Crippen LogP contribution in [0.15, 0.2) is 48.7 Å². The molecule has 0 atom stereocenters. The van der Waals surface area contributed by atoms with Gasteiger partial charge >= 0.3 is 6.18 Å². The van der Waals surface area contributed by atoms with Crippen molar-refractivity contribution in [3.05, 3.63) is 65.5 Å². The molecule has 2 rings (SSSR count). The third-order valence-corrected chi connectivity index (χ3v) is 3.24. The zero-order valence-corrected chi connectivity index (χ0v) is 11.8. The molecule has 0 spiro atoms. The maximum atomic E-state index is 12.9. The highest BCUT2D eigenvalue weighted by Crippen LogP contribution is 2.32. The van der Waals surface area contributed by atoms with Crippen LogP contribution >= 0.6 is 0 Å². The maximum Gasteiger partial charge on any atom is 0.416 e. The Morgan fingerprint density at radius 3 is 2.43 bits per heavy atom. The van der Waals surface area contributed by atoms with Gasteiger partial charge in [-0.3, -0.25) is 4.98 Å². The smallest absolute Gasteiger partial charge is 0.302 e. The number of rotatable bonds is 5. The van der Waals surface area contributed by atoms with Gasteiger partial charge in [0.15, 0.2) is 0 Å². The predicted octanol–water partition coefficient (Wildman–Crippen LogP) is 3.77. The third-order valence-electron chi connectivity index (χ3n) is 3.24. The van der Waals surface area contributed by atoms with Crippen LogP contribution in [0.3, 0.4) is 0 Å². The van der Waals surface area contributed by atoms with Crippen molar-refractivity contribution in [2.24, 2.45) is 0 Å². The zero-order chi connectivity index (χ0) is 15.3. The molecule has 1 aromatic carbocycles. The molecule has 112 valence electrons. The van der Waals surface area contributed by atoms with Gasteiger partial charge in [0.2, 0.25) is 0 Å². The van der Waals surface area contributed by atoms with Crippen LogP contribution in [0, 0.1) is 0 Å². The molecule has 0 saturated carbocycles. The van der Waals surface area contributed by atoms with Gasteiger partial charge in [0.1, 0.15) is 0 Å². The van der Waals surface area contributed by atoms with Crippen molar-refractivity contribution in [3.8, 4) is 0 Å². The summed E-state index contributed by atoms with van der Waals surface area (Å²) in [6, 6.07) is 11.4. The van der Waals surface area contributed by atoms with Gasteiger partial charge in [0, 0.05) is 31.4 Å². The Labute approximate surface area is 122 Å². The van der Waals surface area contributed by atoms with Crippen LogP contribution < -0.4 is 0 Å². The maximum absolute atomic E-state index is 12.9. The summed E-state index contributed by atoms with van der Waals surface area (Å²) in [4.78, 5) is 6.08. The van der Waals surface area contributed by atoms with Crippen LogP contribution in [0.5, 0.6) is 0 Å². The van der Waals surface area contributed by atoms with Gasteiger partial charge in [-0.2, -0.15) is 13.2 Å². The Morgan fingerprint density at radius 2 is 1.76 bits per heavy atom. The van der Waals surface area contributed by atoms with E-state index in [4.69, 9.17) is 0 Å². The van der Waals surface area contributed by atoms with Crippen molar-refractivity contribution >= 4 is 0 Å². The molecule has 0 radical (unpaired) electrons. The number of hydrogen-bond donors (Lipinski definition) is 0. The Hall–Kier alpha value is -1.88. The van der Waals surface area contributed by atoms with Gasteiger partial charge in [0.05, 0.1) is 5.56 Å². The number of alkyl halides is 3. The van der Waals surface area contributed by atoms with Gasteiger partial charge in [-0.15, -0.1) is 0 Å². The molecule has 1 aromatic heterocycles. The highest BCUT2D eigenvalue weighted by Gasteiger charge is 2.32. The Bertz CT molecular complexity index is 567. The molecule has 2 aromatic rings. The fourth-order valence-corrected chi connectivity index (χ4v) is 2.16. The van der Waals surface area contributed by atoms with Gasteiger partial charge in [-0.25, -0.2) is 0 Å². The Balaban J connectivity index is 1.98. The average molecular weight is 294 g/mol. The lowest BCUT2D eigenvalue weighted by atomic mass is 10.1. The van der Waals surface area contributed by atoms with E-state index in [1.165, 1.54) is 12.1 Å². The second-order valence-electron chi connectivity index (χ2n) is 4.96. The molecule has 0 amide bonds. The van der Waals surface area contributed by atoms with Crippen LogP contribution in [-0.4, -0.2) is 23.5 Å². The molecule has 0 unspecified atom stereocenters. The summed E-state index contributed by atoms with van der Waals surface area (Å²) in [7, 11) is 1.82. The van der Waals surface area contributed by atoms with Crippen molar-refractivity contribution < 1.29 is 13.2 Å². The molecule has 0 fully saturated rings. The second kappa shape index (κ2) is 6.72. The fraction of sp³-hybridized carbons (Fsp3) is 0.312. The second-order valence-corrected chi connectivity index (χ2v) is 4.96. The summed E-state index contributed by atoms with van der Waals surface area (Å²) in [5.41, 5.74) is 0.677. The van der Waals surface area contributed by atoms with Crippen LogP contribution in [0.1, 0.15) is 16.8 Å². The number of hydrogen-bond acceptors (Lipinski definition) is 2. The Kier molecular flexibility index (Phi) is 4.96. The summed E-state index contributed by atoms with van der Waals surface area (Å²) in [5, 5.41) is 0. The normalized spacial score (nSPS) is 11.9. The first-order valence-electron chi connectivity index (χ1n) is 6.70. The van der Waals surface area contributed by atoms with Crippen molar-refractivity contribution in [1.82, 2.24) is 9.88 Å². The van der Waals surface area contributed by atoms with E-state index in [0.29, 0.717) is 18.5 Å². The van der Waals surface area contributed by atoms with E-state index >= 15 is 0 Å². The molecule has 0 aliphatic heterocycles. The van der Waals surface area contributed by atoms with Gasteiger partial charge in [0.25, 0.3) is 0 Å². The van der Waals surface area contributed by atoms with E-state index in [-0.39, 0.29) is 6.54 Å². The summed E-state index contributed by atoms with van der Waals surface area (Å²) < 4.78 is 38.8. The molecule has 0 bridgehead atoms. The van der Waals surface area contributed by atoms with Gasteiger partial charge < -0.3 is 4.90 Å². The summed E-state index contributed by atoms with van der Waals surface area (Å²) in [5.74, 6) is 0. The molecule has 0 aliphatic carbocycles. The van der Waals surface area contributed by atoms with Crippen molar-refractivity contribution in [1.29, 1.82) is 0 Å². The van der Waals surface area contributed by atoms with Crippen LogP contribution in [-0.2, 0) is 19.1 Å². The van der Waals surface area contributed by atoms with Crippen molar-refractivity contribution in [2.75, 3.05) is 13.6 Å². The monoisotopic (exact) mass is 294 g/mol. The number of nitrogens with zero attached hydrogens (tertiary/aromatic N) is 2. The van der Waals surface area contributed by atoms with Gasteiger partial charge in [-0.05, 0) is 30.8 Å². The lowest BCUT2D eigenvalue weighted by Gasteiger charge is -2.19. The van der Waals surface area contributed by atoms with Crippen molar-refractivity contribution in [3.63, 3.8) is 0 Å². The zero-order valence-electron chi connectivity index (χ0n) is 11.8. The average Bonchev–Trinajstić information content (AvgIpc) is 2.46. The first kappa shape index (κ1) is 15.5. The number of aromatic nitrogens is 1. The highest BCUT2D eigenvalue weighted by atomic mass is 19.4. The number of halogens is 3. The number of pyridine rings is 1. The standard InChI is InChI=1S/C16H17F3N2/c1-21(11-9-14-7-4-5-10-20-14)12-13-6-2-3-8-15(13)16(17,18)19/h2-8,10H,9,11-12H2,1H3. The topological polar surface area (TPSA) is 16.1 Å². The molecule has 0 aliphatic rings. The molecule has 21 heavy (non-hydrogen) atoms. The van der Waals surface area contributed by atoms with E-state index in [9.17, 15) is 13.2 Å². The summed E-state index contributed by atoms with van der Waals surface area (Å²) >= 11 is 0. The number of benzene rings is 1. The predicted molar refractivity (Wildman–Crippen MR) is 75.7 cm³/mol. The van der Waals surface area contributed by atoms with E-state index in [0.717, 1.165) is 11.8 Å². The highest BCUT2D eigenvalue weighted by molar-refractivity contribution is 5.29. The minimum Gasteiger partial charge on any atom is -0.302 e. The largest absolute Gasteiger partial charge is 0.416 e. The first-order valence-corrected chi connectivity index (χ1v) is 6.70. The lowest BCUT2D eigenvalue weighted by molar-refractivity contribution is -0.138. The van der Waals surface area contributed by atoms with E-state index in [1.807, 2.05) is 30.1 Å². The Morgan fingerprint density at radius 1 is 1.05 bits per heavy atom. The molecule has 0 saturated heterocycles. The first-order chi connectivity index (χ1) is 9.97. The third kappa shape index (κ3) is 4.56. The molecular weight excluding hydrogens is 277 g/mol. The minimum absolute atomic E-state index is 0.266. The fourth-order valence-electron chi connectivity index (χ4n) is 2.16. The van der Waals surface area contributed by atoms with Crippen LogP contribution in [0.4, 0.5) is 13.2 Å². The van der Waals surface area contributed by atoms with E-state index < -0.39 is 11.7 Å². The SMILES string of the molecule is CN(CCc1ccccn1)Cc1ccccc1C(F)(F)F.